The molecule has 0 bridgehead atoms. The number of pyridine rings is 1. The molecule has 3 rings (SSSR count). The Morgan fingerprint density at radius 2 is 1.89 bits per heavy atom. The monoisotopic (exact) mass is 386 g/mol. The van der Waals surface area contributed by atoms with Gasteiger partial charge in [-0.25, -0.2) is 4.98 Å². The summed E-state index contributed by atoms with van der Waals surface area (Å²) in [4.78, 5) is 32.8. The minimum atomic E-state index is -0.185. The number of carbonyl (C=O) groups excluding carboxylic acids is 2. The van der Waals surface area contributed by atoms with E-state index in [-0.39, 0.29) is 24.7 Å². The Balaban J connectivity index is 1.43. The molecule has 0 radical (unpaired) electrons. The lowest BCUT2D eigenvalue weighted by molar-refractivity contribution is -0.133. The SMILES string of the molecule is Cc1ccc(NC(=O)CCC(=O)N2CCN(c3ccccn3)CC2)cc1Cl. The van der Waals surface area contributed by atoms with Gasteiger partial charge in [-0.3, -0.25) is 9.59 Å². The first-order valence-electron chi connectivity index (χ1n) is 9.02. The summed E-state index contributed by atoms with van der Waals surface area (Å²) in [7, 11) is 0. The zero-order valence-electron chi connectivity index (χ0n) is 15.3. The van der Waals surface area contributed by atoms with Crippen LogP contribution in [0.3, 0.4) is 0 Å². The number of hydrogen-bond donors (Lipinski definition) is 1. The molecule has 0 spiro atoms. The van der Waals surface area contributed by atoms with Crippen LogP contribution in [0.2, 0.25) is 5.02 Å². The van der Waals surface area contributed by atoms with E-state index in [4.69, 9.17) is 11.6 Å². The largest absolute Gasteiger partial charge is 0.353 e. The summed E-state index contributed by atoms with van der Waals surface area (Å²) >= 11 is 6.06. The number of rotatable bonds is 5. The minimum Gasteiger partial charge on any atom is -0.353 e. The van der Waals surface area contributed by atoms with Crippen molar-refractivity contribution >= 4 is 34.9 Å². The van der Waals surface area contributed by atoms with Crippen LogP contribution >= 0.6 is 11.6 Å². The second-order valence-electron chi connectivity index (χ2n) is 6.57. The van der Waals surface area contributed by atoms with Crippen molar-refractivity contribution in [2.45, 2.75) is 19.8 Å². The zero-order valence-corrected chi connectivity index (χ0v) is 16.1. The fourth-order valence-corrected chi connectivity index (χ4v) is 3.18. The minimum absolute atomic E-state index is 0.00718. The van der Waals surface area contributed by atoms with Crippen molar-refractivity contribution in [1.29, 1.82) is 0 Å². The molecule has 1 fully saturated rings. The van der Waals surface area contributed by atoms with Gasteiger partial charge in [0, 0.05) is 55.9 Å². The number of halogens is 1. The van der Waals surface area contributed by atoms with Gasteiger partial charge >= 0.3 is 0 Å². The number of aromatic nitrogens is 1. The van der Waals surface area contributed by atoms with E-state index in [9.17, 15) is 9.59 Å². The van der Waals surface area contributed by atoms with Gasteiger partial charge in [0.1, 0.15) is 5.82 Å². The van der Waals surface area contributed by atoms with Gasteiger partial charge in [-0.05, 0) is 36.8 Å². The summed E-state index contributed by atoms with van der Waals surface area (Å²) in [5.74, 6) is 0.754. The summed E-state index contributed by atoms with van der Waals surface area (Å²) in [6, 6.07) is 11.2. The molecule has 6 nitrogen and oxygen atoms in total. The third kappa shape index (κ3) is 5.20. The van der Waals surface area contributed by atoms with Gasteiger partial charge < -0.3 is 15.1 Å². The second kappa shape index (κ2) is 8.86. The van der Waals surface area contributed by atoms with Crippen molar-refractivity contribution in [3.63, 3.8) is 0 Å². The standard InChI is InChI=1S/C20H23ClN4O2/c1-15-5-6-16(14-17(15)21)23-19(26)7-8-20(27)25-12-10-24(11-13-25)18-4-2-3-9-22-18/h2-6,9,14H,7-8,10-13H2,1H3,(H,23,26). The number of carbonyl (C=O) groups is 2. The number of piperazine rings is 1. The van der Waals surface area contributed by atoms with Crippen LogP contribution in [0.1, 0.15) is 18.4 Å². The number of amides is 2. The fourth-order valence-electron chi connectivity index (χ4n) is 3.00. The molecule has 2 heterocycles. The van der Waals surface area contributed by atoms with E-state index < -0.39 is 0 Å². The normalized spacial score (nSPS) is 14.1. The third-order valence-electron chi connectivity index (χ3n) is 4.63. The predicted molar refractivity (Wildman–Crippen MR) is 107 cm³/mol. The molecule has 7 heteroatoms. The maximum atomic E-state index is 12.4. The maximum absolute atomic E-state index is 12.4. The van der Waals surface area contributed by atoms with Crippen molar-refractivity contribution in [2.75, 3.05) is 36.4 Å². The highest BCUT2D eigenvalue weighted by Crippen LogP contribution is 2.20. The van der Waals surface area contributed by atoms with Crippen LogP contribution in [-0.2, 0) is 9.59 Å². The summed E-state index contributed by atoms with van der Waals surface area (Å²) in [6.45, 7) is 4.68. The van der Waals surface area contributed by atoms with Crippen molar-refractivity contribution in [2.24, 2.45) is 0 Å². The molecule has 0 aliphatic carbocycles. The Bertz CT molecular complexity index is 805. The summed E-state index contributed by atoms with van der Waals surface area (Å²) in [6.07, 6.45) is 2.13. The van der Waals surface area contributed by atoms with Gasteiger partial charge in [-0.1, -0.05) is 23.7 Å². The van der Waals surface area contributed by atoms with E-state index >= 15 is 0 Å². The van der Waals surface area contributed by atoms with Crippen LogP contribution in [0.5, 0.6) is 0 Å². The molecule has 142 valence electrons. The van der Waals surface area contributed by atoms with Gasteiger partial charge in [0.15, 0.2) is 0 Å². The quantitative estimate of drug-likeness (QED) is 0.857. The highest BCUT2D eigenvalue weighted by atomic mass is 35.5. The van der Waals surface area contributed by atoms with E-state index in [1.54, 1.807) is 18.3 Å². The molecule has 2 aromatic rings. The summed E-state index contributed by atoms with van der Waals surface area (Å²) in [5.41, 5.74) is 1.60. The topological polar surface area (TPSA) is 65.5 Å². The molecule has 1 aromatic carbocycles. The molecule has 1 N–H and O–H groups in total. The molecule has 1 aliphatic rings. The van der Waals surface area contributed by atoms with Crippen molar-refractivity contribution < 1.29 is 9.59 Å². The number of hydrogen-bond acceptors (Lipinski definition) is 4. The van der Waals surface area contributed by atoms with Crippen LogP contribution in [0.15, 0.2) is 42.6 Å². The Kier molecular flexibility index (Phi) is 6.29. The average molecular weight is 387 g/mol. The van der Waals surface area contributed by atoms with Crippen molar-refractivity contribution in [3.05, 3.63) is 53.2 Å². The van der Waals surface area contributed by atoms with E-state index in [0.29, 0.717) is 23.8 Å². The first-order chi connectivity index (χ1) is 13.0. The number of nitrogens with one attached hydrogen (secondary N) is 1. The first kappa shape index (κ1) is 19.2. The number of aryl methyl sites for hydroxylation is 1. The van der Waals surface area contributed by atoms with Crippen LogP contribution in [0.4, 0.5) is 11.5 Å². The zero-order chi connectivity index (χ0) is 19.2. The molecule has 2 amide bonds. The molecule has 1 saturated heterocycles. The Labute approximate surface area is 164 Å². The number of anilines is 2. The predicted octanol–water partition coefficient (Wildman–Crippen LogP) is 3.11. The second-order valence-corrected chi connectivity index (χ2v) is 6.98. The van der Waals surface area contributed by atoms with Crippen LogP contribution < -0.4 is 10.2 Å². The third-order valence-corrected chi connectivity index (χ3v) is 5.03. The van der Waals surface area contributed by atoms with Crippen LogP contribution in [0.25, 0.3) is 0 Å². The Morgan fingerprint density at radius 1 is 1.11 bits per heavy atom. The fraction of sp³-hybridized carbons (Fsp3) is 0.350. The van der Waals surface area contributed by atoms with Crippen molar-refractivity contribution in [3.8, 4) is 0 Å². The van der Waals surface area contributed by atoms with E-state index in [1.165, 1.54) is 0 Å². The molecule has 1 aromatic heterocycles. The van der Waals surface area contributed by atoms with Gasteiger partial charge in [-0.2, -0.15) is 0 Å². The molecule has 27 heavy (non-hydrogen) atoms. The van der Waals surface area contributed by atoms with Gasteiger partial charge in [0.25, 0.3) is 0 Å². The Hall–Kier alpha value is -2.60. The maximum Gasteiger partial charge on any atom is 0.224 e. The van der Waals surface area contributed by atoms with Crippen LogP contribution in [-0.4, -0.2) is 47.9 Å². The number of nitrogens with zero attached hydrogens (tertiary/aromatic N) is 3. The van der Waals surface area contributed by atoms with E-state index in [0.717, 1.165) is 24.5 Å². The van der Waals surface area contributed by atoms with Gasteiger partial charge in [0.2, 0.25) is 11.8 Å². The lowest BCUT2D eigenvalue weighted by Gasteiger charge is -2.35. The van der Waals surface area contributed by atoms with Crippen LogP contribution in [0, 0.1) is 6.92 Å². The smallest absolute Gasteiger partial charge is 0.224 e. The lowest BCUT2D eigenvalue weighted by Crippen LogP contribution is -2.49. The summed E-state index contributed by atoms with van der Waals surface area (Å²) in [5, 5.41) is 3.39. The van der Waals surface area contributed by atoms with E-state index in [2.05, 4.69) is 15.2 Å². The van der Waals surface area contributed by atoms with Gasteiger partial charge in [-0.15, -0.1) is 0 Å². The molecule has 0 atom stereocenters. The number of benzene rings is 1. The average Bonchev–Trinajstić information content (AvgIpc) is 2.70. The Morgan fingerprint density at radius 3 is 2.56 bits per heavy atom. The summed E-state index contributed by atoms with van der Waals surface area (Å²) < 4.78 is 0. The molecule has 1 aliphatic heterocycles. The van der Waals surface area contributed by atoms with E-state index in [1.807, 2.05) is 36.1 Å². The lowest BCUT2D eigenvalue weighted by atomic mass is 10.2. The van der Waals surface area contributed by atoms with Crippen molar-refractivity contribution in [1.82, 2.24) is 9.88 Å². The van der Waals surface area contributed by atoms with Gasteiger partial charge in [0.05, 0.1) is 0 Å². The highest BCUT2D eigenvalue weighted by Gasteiger charge is 2.22. The first-order valence-corrected chi connectivity index (χ1v) is 9.40. The molecule has 0 unspecified atom stereocenters. The highest BCUT2D eigenvalue weighted by molar-refractivity contribution is 6.31. The molecular weight excluding hydrogens is 364 g/mol. The molecule has 0 saturated carbocycles. The molecular formula is C20H23ClN4O2.